The lowest BCUT2D eigenvalue weighted by molar-refractivity contribution is 0.0983. The van der Waals surface area contributed by atoms with Crippen molar-refractivity contribution in [3.63, 3.8) is 0 Å². The molecular weight excluding hydrogens is 384 g/mol. The van der Waals surface area contributed by atoms with Crippen LogP contribution in [0.5, 0.6) is 0 Å². The lowest BCUT2D eigenvalue weighted by atomic mass is 10.0. The summed E-state index contributed by atoms with van der Waals surface area (Å²) in [5.74, 6) is -0.650. The van der Waals surface area contributed by atoms with Crippen LogP contribution in [0.1, 0.15) is 10.4 Å². The van der Waals surface area contributed by atoms with Crippen LogP contribution < -0.4 is 9.62 Å². The molecule has 1 N–H and O–H groups in total. The number of nitrogens with one attached hydrogen (secondary N) is 1. The van der Waals surface area contributed by atoms with Crippen molar-refractivity contribution in [1.82, 2.24) is 4.72 Å². The van der Waals surface area contributed by atoms with E-state index in [9.17, 15) is 13.2 Å². The predicted molar refractivity (Wildman–Crippen MR) is 117 cm³/mol. The first-order valence-corrected chi connectivity index (χ1v) is 10.6. The second-order valence-electron chi connectivity index (χ2n) is 6.98. The molecule has 0 aliphatic heterocycles. The molecule has 4 aromatic rings. The second-order valence-corrected chi connectivity index (χ2v) is 8.63. The van der Waals surface area contributed by atoms with Gasteiger partial charge in [0.25, 0.3) is 15.9 Å². The average molecular weight is 404 g/mol. The summed E-state index contributed by atoms with van der Waals surface area (Å²) in [7, 11) is -0.261. The minimum Gasteiger partial charge on any atom is -0.377 e. The molecule has 0 atom stereocenters. The standard InChI is InChI=1S/C23H20N2O3S/c1-25(2)21-14-6-12-19-18(21)11-7-15-22(19)29(27,28)24-23(26)20-13-5-9-16-8-3-4-10-17(16)20/h3-15H,1-2H3,(H,24,26). The van der Waals surface area contributed by atoms with Crippen molar-refractivity contribution in [1.29, 1.82) is 0 Å². The maximum Gasteiger partial charge on any atom is 0.265 e. The number of fused-ring (bicyclic) bond motifs is 2. The monoisotopic (exact) mass is 404 g/mol. The summed E-state index contributed by atoms with van der Waals surface area (Å²) in [6, 6.07) is 23.2. The third kappa shape index (κ3) is 3.43. The van der Waals surface area contributed by atoms with E-state index in [1.165, 1.54) is 6.07 Å². The van der Waals surface area contributed by atoms with Crippen LogP contribution in [0.15, 0.2) is 83.8 Å². The first-order valence-electron chi connectivity index (χ1n) is 9.12. The molecule has 0 unspecified atom stereocenters. The van der Waals surface area contributed by atoms with E-state index in [-0.39, 0.29) is 4.90 Å². The maximum absolute atomic E-state index is 13.1. The van der Waals surface area contributed by atoms with Crippen molar-refractivity contribution in [3.8, 4) is 0 Å². The van der Waals surface area contributed by atoms with Gasteiger partial charge in [-0.1, -0.05) is 60.7 Å². The van der Waals surface area contributed by atoms with E-state index in [4.69, 9.17) is 0 Å². The van der Waals surface area contributed by atoms with Crippen molar-refractivity contribution in [2.24, 2.45) is 0 Å². The van der Waals surface area contributed by atoms with Gasteiger partial charge in [-0.3, -0.25) is 4.79 Å². The smallest absolute Gasteiger partial charge is 0.265 e. The van der Waals surface area contributed by atoms with Gasteiger partial charge >= 0.3 is 0 Å². The number of amides is 1. The van der Waals surface area contributed by atoms with Crippen LogP contribution in [0, 0.1) is 0 Å². The highest BCUT2D eigenvalue weighted by molar-refractivity contribution is 7.90. The van der Waals surface area contributed by atoms with Crippen molar-refractivity contribution in [3.05, 3.63) is 84.4 Å². The Morgan fingerprint density at radius 2 is 1.38 bits per heavy atom. The number of carbonyl (C=O) groups excluding carboxylic acids is 1. The lowest BCUT2D eigenvalue weighted by Crippen LogP contribution is -2.30. The summed E-state index contributed by atoms with van der Waals surface area (Å²) in [5.41, 5.74) is 1.22. The summed E-state index contributed by atoms with van der Waals surface area (Å²) in [5, 5.41) is 2.95. The normalized spacial score (nSPS) is 11.5. The zero-order valence-corrected chi connectivity index (χ0v) is 16.9. The van der Waals surface area contributed by atoms with Crippen LogP contribution in [0.2, 0.25) is 0 Å². The molecule has 0 saturated carbocycles. The Bertz CT molecular complexity index is 1340. The third-order valence-corrected chi connectivity index (χ3v) is 6.28. The average Bonchev–Trinajstić information content (AvgIpc) is 2.71. The Kier molecular flexibility index (Phi) is 4.72. The zero-order valence-electron chi connectivity index (χ0n) is 16.1. The summed E-state index contributed by atoms with van der Waals surface area (Å²) in [6.45, 7) is 0. The first kappa shape index (κ1) is 19.0. The van der Waals surface area contributed by atoms with Crippen LogP contribution in [-0.4, -0.2) is 28.4 Å². The number of benzene rings is 4. The fourth-order valence-electron chi connectivity index (χ4n) is 3.54. The Hall–Kier alpha value is -3.38. The van der Waals surface area contributed by atoms with E-state index in [1.807, 2.05) is 61.5 Å². The van der Waals surface area contributed by atoms with E-state index in [2.05, 4.69) is 4.72 Å². The number of hydrogen-bond donors (Lipinski definition) is 1. The molecule has 0 fully saturated rings. The van der Waals surface area contributed by atoms with Crippen molar-refractivity contribution in [2.75, 3.05) is 19.0 Å². The van der Waals surface area contributed by atoms with Gasteiger partial charge in [0.2, 0.25) is 0 Å². The molecule has 0 bridgehead atoms. The Balaban J connectivity index is 1.78. The summed E-state index contributed by atoms with van der Waals surface area (Å²) >= 11 is 0. The molecule has 0 radical (unpaired) electrons. The molecule has 0 aliphatic rings. The molecule has 0 aromatic heterocycles. The minimum absolute atomic E-state index is 0.0762. The molecule has 4 rings (SSSR count). The van der Waals surface area contributed by atoms with Gasteiger partial charge in [-0.05, 0) is 29.0 Å². The molecule has 146 valence electrons. The molecular formula is C23H20N2O3S. The van der Waals surface area contributed by atoms with Crippen molar-refractivity contribution in [2.45, 2.75) is 4.90 Å². The number of carbonyl (C=O) groups is 1. The first-order chi connectivity index (χ1) is 13.9. The quantitative estimate of drug-likeness (QED) is 0.554. The molecule has 0 spiro atoms. The number of anilines is 1. The highest BCUT2D eigenvalue weighted by Gasteiger charge is 2.22. The number of nitrogens with zero attached hydrogens (tertiary/aromatic N) is 1. The van der Waals surface area contributed by atoms with Crippen molar-refractivity contribution < 1.29 is 13.2 Å². The van der Waals surface area contributed by atoms with Gasteiger partial charge in [-0.2, -0.15) is 0 Å². The van der Waals surface area contributed by atoms with Crippen LogP contribution in [-0.2, 0) is 10.0 Å². The van der Waals surface area contributed by atoms with E-state index in [0.29, 0.717) is 16.3 Å². The van der Waals surface area contributed by atoms with Crippen molar-refractivity contribution >= 4 is 43.2 Å². The summed E-state index contributed by atoms with van der Waals surface area (Å²) in [4.78, 5) is 14.9. The van der Waals surface area contributed by atoms with E-state index in [0.717, 1.165) is 16.5 Å². The Labute approximate surface area is 169 Å². The van der Waals surface area contributed by atoms with Gasteiger partial charge in [0.1, 0.15) is 0 Å². The van der Waals surface area contributed by atoms with Crippen LogP contribution in [0.3, 0.4) is 0 Å². The SMILES string of the molecule is CN(C)c1cccc2c(S(=O)(=O)NC(=O)c3cccc4ccccc34)cccc12. The van der Waals surface area contributed by atoms with Gasteiger partial charge in [-0.25, -0.2) is 13.1 Å². The van der Waals surface area contributed by atoms with E-state index >= 15 is 0 Å². The molecule has 6 heteroatoms. The fourth-order valence-corrected chi connectivity index (χ4v) is 4.73. The summed E-state index contributed by atoms with van der Waals surface area (Å²) < 4.78 is 28.4. The molecule has 5 nitrogen and oxygen atoms in total. The number of rotatable bonds is 4. The number of hydrogen-bond acceptors (Lipinski definition) is 4. The third-order valence-electron chi connectivity index (χ3n) is 4.89. The van der Waals surface area contributed by atoms with Gasteiger partial charge < -0.3 is 4.90 Å². The van der Waals surface area contributed by atoms with Gasteiger partial charge in [0, 0.05) is 36.1 Å². The Morgan fingerprint density at radius 1 is 0.759 bits per heavy atom. The van der Waals surface area contributed by atoms with Gasteiger partial charge in [0.05, 0.1) is 4.90 Å². The fraction of sp³-hybridized carbons (Fsp3) is 0.0870. The van der Waals surface area contributed by atoms with E-state index in [1.54, 1.807) is 30.3 Å². The molecule has 0 saturated heterocycles. The second kappa shape index (κ2) is 7.22. The minimum atomic E-state index is -4.06. The van der Waals surface area contributed by atoms with Crippen LogP contribution in [0.25, 0.3) is 21.5 Å². The predicted octanol–water partition coefficient (Wildman–Crippen LogP) is 4.18. The molecule has 4 aromatic carbocycles. The van der Waals surface area contributed by atoms with Crippen LogP contribution >= 0.6 is 0 Å². The molecule has 29 heavy (non-hydrogen) atoms. The molecule has 0 heterocycles. The van der Waals surface area contributed by atoms with Gasteiger partial charge in [0.15, 0.2) is 0 Å². The highest BCUT2D eigenvalue weighted by Crippen LogP contribution is 2.30. The topological polar surface area (TPSA) is 66.5 Å². The largest absolute Gasteiger partial charge is 0.377 e. The molecule has 0 aliphatic carbocycles. The number of sulfonamides is 1. The van der Waals surface area contributed by atoms with Crippen LogP contribution in [0.4, 0.5) is 5.69 Å². The highest BCUT2D eigenvalue weighted by atomic mass is 32.2. The zero-order chi connectivity index (χ0) is 20.6. The molecule has 1 amide bonds. The van der Waals surface area contributed by atoms with E-state index < -0.39 is 15.9 Å². The maximum atomic E-state index is 13.1. The lowest BCUT2D eigenvalue weighted by Gasteiger charge is -2.17. The summed E-state index contributed by atoms with van der Waals surface area (Å²) in [6.07, 6.45) is 0. The Morgan fingerprint density at radius 3 is 2.17 bits per heavy atom. The van der Waals surface area contributed by atoms with Gasteiger partial charge in [-0.15, -0.1) is 0 Å².